The van der Waals surface area contributed by atoms with Gasteiger partial charge in [0, 0.05) is 40.1 Å². The van der Waals surface area contributed by atoms with Crippen molar-refractivity contribution in [3.05, 3.63) is 42.2 Å². The Hall–Kier alpha value is -1.87. The van der Waals surface area contributed by atoms with Crippen molar-refractivity contribution in [3.63, 3.8) is 0 Å². The van der Waals surface area contributed by atoms with E-state index in [1.165, 1.54) is 10.9 Å². The molecule has 0 saturated carbocycles. The Kier molecular flexibility index (Phi) is 2.99. The van der Waals surface area contributed by atoms with E-state index in [4.69, 9.17) is 0 Å². The summed E-state index contributed by atoms with van der Waals surface area (Å²) >= 11 is 0. The monoisotopic (exact) mass is 254 g/mol. The van der Waals surface area contributed by atoms with Gasteiger partial charge in [-0.2, -0.15) is 0 Å². The predicted octanol–water partition coefficient (Wildman–Crippen LogP) is 3.45. The fourth-order valence-corrected chi connectivity index (χ4v) is 2.70. The third-order valence-corrected chi connectivity index (χ3v) is 3.85. The van der Waals surface area contributed by atoms with Crippen LogP contribution in [0.1, 0.15) is 25.3 Å². The zero-order chi connectivity index (χ0) is 13.4. The summed E-state index contributed by atoms with van der Waals surface area (Å²) in [7, 11) is 0. The number of benzene rings is 1. The second kappa shape index (κ2) is 4.67. The normalized spacial score (nSPS) is 13.5. The third kappa shape index (κ3) is 2.00. The number of aliphatic hydroxyl groups is 1. The number of nitrogens with one attached hydrogen (secondary N) is 1. The second-order valence-electron chi connectivity index (χ2n) is 5.38. The highest BCUT2D eigenvalue weighted by molar-refractivity contribution is 6.06. The number of aromatic nitrogens is 2. The maximum Gasteiger partial charge on any atom is 0.0502 e. The van der Waals surface area contributed by atoms with Crippen LogP contribution in [0.3, 0.4) is 0 Å². The number of H-pyrrole nitrogens is 1. The van der Waals surface area contributed by atoms with E-state index >= 15 is 0 Å². The van der Waals surface area contributed by atoms with E-state index in [-0.39, 0.29) is 12.5 Å². The molecule has 1 atom stereocenters. The maximum atomic E-state index is 9.54. The molecule has 0 fully saturated rings. The number of nitrogens with zero attached hydrogens (tertiary/aromatic N) is 1. The lowest BCUT2D eigenvalue weighted by Gasteiger charge is -2.18. The lowest BCUT2D eigenvalue weighted by atomic mass is 9.89. The van der Waals surface area contributed by atoms with Crippen molar-refractivity contribution in [1.29, 1.82) is 0 Å². The van der Waals surface area contributed by atoms with Crippen LogP contribution in [-0.4, -0.2) is 21.7 Å². The highest BCUT2D eigenvalue weighted by Gasteiger charge is 2.15. The fraction of sp³-hybridized carbons (Fsp3) is 0.312. The summed E-state index contributed by atoms with van der Waals surface area (Å²) in [5.74, 6) is 0.613. The molecule has 2 aromatic heterocycles. The highest BCUT2D eigenvalue weighted by atomic mass is 16.3. The molecule has 2 N–H and O–H groups in total. The SMILES string of the molecule is CC(C)C(CO)c1ccc2c(c1)[nH]c1ccncc12. The zero-order valence-electron chi connectivity index (χ0n) is 11.2. The van der Waals surface area contributed by atoms with Crippen LogP contribution in [0.5, 0.6) is 0 Å². The van der Waals surface area contributed by atoms with Crippen LogP contribution >= 0.6 is 0 Å². The number of hydrogen-bond donors (Lipinski definition) is 2. The second-order valence-corrected chi connectivity index (χ2v) is 5.38. The van der Waals surface area contributed by atoms with Gasteiger partial charge in [0.2, 0.25) is 0 Å². The molecule has 98 valence electrons. The topological polar surface area (TPSA) is 48.9 Å². The van der Waals surface area contributed by atoms with Crippen molar-refractivity contribution in [1.82, 2.24) is 9.97 Å². The molecule has 3 rings (SSSR count). The van der Waals surface area contributed by atoms with Crippen LogP contribution in [0.4, 0.5) is 0 Å². The third-order valence-electron chi connectivity index (χ3n) is 3.85. The molecule has 2 heterocycles. The van der Waals surface area contributed by atoms with Gasteiger partial charge in [0.1, 0.15) is 0 Å². The summed E-state index contributed by atoms with van der Waals surface area (Å²) < 4.78 is 0. The van der Waals surface area contributed by atoms with Crippen LogP contribution in [0.2, 0.25) is 0 Å². The summed E-state index contributed by atoms with van der Waals surface area (Å²) in [4.78, 5) is 7.59. The number of hydrogen-bond acceptors (Lipinski definition) is 2. The Morgan fingerprint density at radius 2 is 2.00 bits per heavy atom. The molecule has 0 bridgehead atoms. The van der Waals surface area contributed by atoms with Crippen LogP contribution in [-0.2, 0) is 0 Å². The molecular weight excluding hydrogens is 236 g/mol. The fourth-order valence-electron chi connectivity index (χ4n) is 2.70. The van der Waals surface area contributed by atoms with Gasteiger partial charge in [0.25, 0.3) is 0 Å². The van der Waals surface area contributed by atoms with Gasteiger partial charge in [0.15, 0.2) is 0 Å². The van der Waals surface area contributed by atoms with Crippen LogP contribution in [0, 0.1) is 5.92 Å². The van der Waals surface area contributed by atoms with Gasteiger partial charge in [0.05, 0.1) is 6.61 Å². The van der Waals surface area contributed by atoms with Gasteiger partial charge in [-0.25, -0.2) is 0 Å². The Morgan fingerprint density at radius 3 is 2.74 bits per heavy atom. The summed E-state index contributed by atoms with van der Waals surface area (Å²) in [5.41, 5.74) is 3.40. The van der Waals surface area contributed by atoms with Crippen LogP contribution in [0.15, 0.2) is 36.7 Å². The maximum absolute atomic E-state index is 9.54. The first kappa shape index (κ1) is 12.2. The van der Waals surface area contributed by atoms with Crippen molar-refractivity contribution in [2.75, 3.05) is 6.61 Å². The average molecular weight is 254 g/mol. The molecule has 0 aliphatic carbocycles. The number of aliphatic hydroxyl groups excluding tert-OH is 1. The van der Waals surface area contributed by atoms with Gasteiger partial charge in [-0.3, -0.25) is 4.98 Å². The molecule has 19 heavy (non-hydrogen) atoms. The van der Waals surface area contributed by atoms with Crippen molar-refractivity contribution >= 4 is 21.8 Å². The van der Waals surface area contributed by atoms with Gasteiger partial charge < -0.3 is 10.1 Å². The van der Waals surface area contributed by atoms with E-state index in [2.05, 4.69) is 42.0 Å². The van der Waals surface area contributed by atoms with Crippen molar-refractivity contribution in [2.24, 2.45) is 5.92 Å². The minimum Gasteiger partial charge on any atom is -0.396 e. The number of pyridine rings is 1. The Labute approximate surface area is 112 Å². The minimum absolute atomic E-state index is 0.185. The van der Waals surface area contributed by atoms with Crippen LogP contribution < -0.4 is 0 Å². The molecule has 1 unspecified atom stereocenters. The van der Waals surface area contributed by atoms with Crippen molar-refractivity contribution in [2.45, 2.75) is 19.8 Å². The summed E-state index contributed by atoms with van der Waals surface area (Å²) in [6.07, 6.45) is 3.68. The molecule has 0 aliphatic rings. The van der Waals surface area contributed by atoms with E-state index in [1.54, 1.807) is 6.20 Å². The van der Waals surface area contributed by atoms with Gasteiger partial charge in [-0.05, 0) is 23.6 Å². The van der Waals surface area contributed by atoms with E-state index in [0.29, 0.717) is 5.92 Å². The Balaban J connectivity index is 2.18. The smallest absolute Gasteiger partial charge is 0.0502 e. The Bertz CT molecular complexity index is 715. The molecule has 0 radical (unpaired) electrons. The molecule has 3 nitrogen and oxygen atoms in total. The van der Waals surface area contributed by atoms with Gasteiger partial charge in [-0.1, -0.05) is 26.0 Å². The first-order valence-corrected chi connectivity index (χ1v) is 6.67. The van der Waals surface area contributed by atoms with Crippen molar-refractivity contribution in [3.8, 4) is 0 Å². The van der Waals surface area contributed by atoms with E-state index < -0.39 is 0 Å². The van der Waals surface area contributed by atoms with E-state index in [1.807, 2.05) is 12.3 Å². The summed E-state index contributed by atoms with van der Waals surface area (Å²) in [6.45, 7) is 4.46. The standard InChI is InChI=1S/C16H18N2O/c1-10(2)14(9-19)11-3-4-12-13-8-17-6-5-15(13)18-16(12)7-11/h3-8,10,14,18-19H,9H2,1-2H3. The number of fused-ring (bicyclic) bond motifs is 3. The molecule has 0 amide bonds. The zero-order valence-corrected chi connectivity index (χ0v) is 11.2. The van der Waals surface area contributed by atoms with Gasteiger partial charge in [-0.15, -0.1) is 0 Å². The highest BCUT2D eigenvalue weighted by Crippen LogP contribution is 2.30. The molecule has 3 heteroatoms. The van der Waals surface area contributed by atoms with Crippen LogP contribution in [0.25, 0.3) is 21.8 Å². The van der Waals surface area contributed by atoms with Gasteiger partial charge >= 0.3 is 0 Å². The first-order chi connectivity index (χ1) is 9.20. The number of aromatic amines is 1. The Morgan fingerprint density at radius 1 is 1.16 bits per heavy atom. The molecule has 0 spiro atoms. The van der Waals surface area contributed by atoms with E-state index in [0.717, 1.165) is 16.4 Å². The first-order valence-electron chi connectivity index (χ1n) is 6.67. The largest absolute Gasteiger partial charge is 0.396 e. The molecule has 3 aromatic rings. The lowest BCUT2D eigenvalue weighted by molar-refractivity contribution is 0.237. The number of rotatable bonds is 3. The summed E-state index contributed by atoms with van der Waals surface area (Å²) in [5, 5.41) is 11.9. The molecule has 0 saturated heterocycles. The molecule has 1 aromatic carbocycles. The quantitative estimate of drug-likeness (QED) is 0.752. The average Bonchev–Trinajstić information content (AvgIpc) is 2.76. The molecular formula is C16H18N2O. The molecule has 0 aliphatic heterocycles. The lowest BCUT2D eigenvalue weighted by Crippen LogP contribution is -2.10. The van der Waals surface area contributed by atoms with Crippen molar-refractivity contribution < 1.29 is 5.11 Å². The minimum atomic E-state index is 0.185. The van der Waals surface area contributed by atoms with E-state index in [9.17, 15) is 5.11 Å². The predicted molar refractivity (Wildman–Crippen MR) is 78.3 cm³/mol. The summed E-state index contributed by atoms with van der Waals surface area (Å²) in [6, 6.07) is 8.37.